The first kappa shape index (κ1) is 9.71. The molecule has 0 aliphatic carbocycles. The van der Waals surface area contributed by atoms with Crippen molar-refractivity contribution in [3.05, 3.63) is 18.0 Å². The van der Waals surface area contributed by atoms with Crippen molar-refractivity contribution < 1.29 is 0 Å². The van der Waals surface area contributed by atoms with Gasteiger partial charge in [0, 0.05) is 13.2 Å². The highest BCUT2D eigenvalue weighted by atomic mass is 15.2. The average Bonchev–Trinajstić information content (AvgIpc) is 2.65. The molecule has 1 unspecified atom stereocenters. The van der Waals surface area contributed by atoms with Gasteiger partial charge in [0.15, 0.2) is 0 Å². The van der Waals surface area contributed by atoms with Crippen molar-refractivity contribution in [2.75, 3.05) is 13.1 Å². The third-order valence-corrected chi connectivity index (χ3v) is 3.34. The highest BCUT2D eigenvalue weighted by Crippen LogP contribution is 2.29. The maximum atomic E-state index is 4.23. The Bertz CT molecular complexity index is 286. The first-order chi connectivity index (χ1) is 6.77. The molecule has 1 fully saturated rings. The monoisotopic (exact) mass is 193 g/mol. The van der Waals surface area contributed by atoms with Crippen LogP contribution in [0.25, 0.3) is 0 Å². The lowest BCUT2D eigenvalue weighted by Gasteiger charge is -2.27. The fraction of sp³-hybridized carbons (Fsp3) is 0.727. The maximum absolute atomic E-state index is 4.23. The number of nitrogens with zero attached hydrogens (tertiary/aromatic N) is 2. The quantitative estimate of drug-likeness (QED) is 0.772. The molecule has 2 heterocycles. The van der Waals surface area contributed by atoms with E-state index in [0.29, 0.717) is 5.92 Å². The van der Waals surface area contributed by atoms with Gasteiger partial charge in [-0.05, 0) is 43.3 Å². The van der Waals surface area contributed by atoms with E-state index in [-0.39, 0.29) is 0 Å². The van der Waals surface area contributed by atoms with Crippen LogP contribution in [0.3, 0.4) is 0 Å². The summed E-state index contributed by atoms with van der Waals surface area (Å²) in [5, 5.41) is 7.64. The molecule has 0 amide bonds. The minimum absolute atomic E-state index is 0.658. The first-order valence-corrected chi connectivity index (χ1v) is 5.46. The lowest BCUT2D eigenvalue weighted by Crippen LogP contribution is -2.30. The van der Waals surface area contributed by atoms with Crippen LogP contribution >= 0.6 is 0 Å². The smallest absolute Gasteiger partial charge is 0.0524 e. The molecule has 1 saturated heterocycles. The van der Waals surface area contributed by atoms with E-state index in [9.17, 15) is 0 Å². The number of aryl methyl sites for hydroxylation is 1. The van der Waals surface area contributed by atoms with Crippen LogP contribution in [0.5, 0.6) is 0 Å². The van der Waals surface area contributed by atoms with Crippen LogP contribution in [0.1, 0.15) is 31.2 Å². The number of aromatic nitrogens is 2. The molecule has 14 heavy (non-hydrogen) atoms. The molecule has 1 aromatic heterocycles. The van der Waals surface area contributed by atoms with E-state index in [0.717, 1.165) is 5.92 Å². The summed E-state index contributed by atoms with van der Waals surface area (Å²) in [5.74, 6) is 1.49. The number of rotatable bonds is 2. The Morgan fingerprint density at radius 2 is 2.21 bits per heavy atom. The fourth-order valence-corrected chi connectivity index (χ4v) is 2.29. The molecule has 1 aliphatic heterocycles. The van der Waals surface area contributed by atoms with Gasteiger partial charge in [-0.2, -0.15) is 5.10 Å². The standard InChI is InChI=1S/C11H19N3/c1-9(10-3-5-12-6-4-10)11-7-13-14(2)8-11/h7-10,12H,3-6H2,1-2H3. The fourth-order valence-electron chi connectivity index (χ4n) is 2.29. The topological polar surface area (TPSA) is 29.9 Å². The predicted molar refractivity (Wildman–Crippen MR) is 57.2 cm³/mol. The van der Waals surface area contributed by atoms with Crippen LogP contribution in [-0.2, 0) is 7.05 Å². The van der Waals surface area contributed by atoms with Crippen LogP contribution in [0.4, 0.5) is 0 Å². The Balaban J connectivity index is 2.03. The summed E-state index contributed by atoms with van der Waals surface area (Å²) >= 11 is 0. The summed E-state index contributed by atoms with van der Waals surface area (Å²) in [6.45, 7) is 4.68. The van der Waals surface area contributed by atoms with Crippen molar-refractivity contribution in [1.82, 2.24) is 15.1 Å². The number of hydrogen-bond acceptors (Lipinski definition) is 2. The van der Waals surface area contributed by atoms with Crippen molar-refractivity contribution in [3.63, 3.8) is 0 Å². The van der Waals surface area contributed by atoms with Crippen LogP contribution in [0.2, 0.25) is 0 Å². The van der Waals surface area contributed by atoms with E-state index in [4.69, 9.17) is 0 Å². The number of nitrogens with one attached hydrogen (secondary N) is 1. The summed E-state index contributed by atoms with van der Waals surface area (Å²) in [6, 6.07) is 0. The average molecular weight is 193 g/mol. The van der Waals surface area contributed by atoms with E-state index in [1.807, 2.05) is 17.9 Å². The molecule has 0 aromatic carbocycles. The van der Waals surface area contributed by atoms with Crippen LogP contribution in [0.15, 0.2) is 12.4 Å². The molecule has 1 aliphatic rings. The summed E-state index contributed by atoms with van der Waals surface area (Å²) in [6.07, 6.45) is 6.76. The molecule has 2 rings (SSSR count). The van der Waals surface area contributed by atoms with E-state index >= 15 is 0 Å². The molecular weight excluding hydrogens is 174 g/mol. The lowest BCUT2D eigenvalue weighted by molar-refractivity contribution is 0.330. The van der Waals surface area contributed by atoms with Crippen LogP contribution in [-0.4, -0.2) is 22.9 Å². The molecule has 0 spiro atoms. The van der Waals surface area contributed by atoms with E-state index in [1.54, 1.807) is 0 Å². The Hall–Kier alpha value is -0.830. The van der Waals surface area contributed by atoms with Crippen molar-refractivity contribution in [2.24, 2.45) is 13.0 Å². The van der Waals surface area contributed by atoms with Gasteiger partial charge in [-0.25, -0.2) is 0 Å². The Labute approximate surface area is 85.5 Å². The van der Waals surface area contributed by atoms with Gasteiger partial charge >= 0.3 is 0 Å². The zero-order valence-corrected chi connectivity index (χ0v) is 9.03. The Morgan fingerprint density at radius 3 is 2.79 bits per heavy atom. The van der Waals surface area contributed by atoms with Gasteiger partial charge in [-0.1, -0.05) is 6.92 Å². The summed E-state index contributed by atoms with van der Waals surface area (Å²) < 4.78 is 1.90. The van der Waals surface area contributed by atoms with Gasteiger partial charge in [0.05, 0.1) is 6.20 Å². The largest absolute Gasteiger partial charge is 0.317 e. The van der Waals surface area contributed by atoms with Crippen molar-refractivity contribution in [3.8, 4) is 0 Å². The molecule has 3 heteroatoms. The first-order valence-electron chi connectivity index (χ1n) is 5.46. The van der Waals surface area contributed by atoms with Gasteiger partial charge in [0.25, 0.3) is 0 Å². The molecular formula is C11H19N3. The van der Waals surface area contributed by atoms with Gasteiger partial charge in [-0.15, -0.1) is 0 Å². The predicted octanol–water partition coefficient (Wildman–Crippen LogP) is 1.52. The Morgan fingerprint density at radius 1 is 1.50 bits per heavy atom. The minimum atomic E-state index is 0.658. The number of piperidine rings is 1. The Kier molecular flexibility index (Phi) is 2.87. The second-order valence-corrected chi connectivity index (χ2v) is 4.32. The normalized spacial score (nSPS) is 21.0. The molecule has 1 aromatic rings. The van der Waals surface area contributed by atoms with E-state index in [2.05, 4.69) is 23.5 Å². The zero-order chi connectivity index (χ0) is 9.97. The maximum Gasteiger partial charge on any atom is 0.0524 e. The van der Waals surface area contributed by atoms with Crippen molar-refractivity contribution in [2.45, 2.75) is 25.7 Å². The van der Waals surface area contributed by atoms with Gasteiger partial charge in [-0.3, -0.25) is 4.68 Å². The van der Waals surface area contributed by atoms with Crippen LogP contribution in [0, 0.1) is 5.92 Å². The third kappa shape index (κ3) is 1.98. The van der Waals surface area contributed by atoms with E-state index in [1.165, 1.54) is 31.5 Å². The molecule has 78 valence electrons. The molecule has 1 N–H and O–H groups in total. The molecule has 0 saturated carbocycles. The highest BCUT2D eigenvalue weighted by Gasteiger charge is 2.21. The zero-order valence-electron chi connectivity index (χ0n) is 9.03. The highest BCUT2D eigenvalue weighted by molar-refractivity contribution is 5.11. The molecule has 0 radical (unpaired) electrons. The SMILES string of the molecule is CC(c1cnn(C)c1)C1CCNCC1. The second-order valence-electron chi connectivity index (χ2n) is 4.32. The second kappa shape index (κ2) is 4.13. The van der Waals surface area contributed by atoms with Gasteiger partial charge in [0.1, 0.15) is 0 Å². The summed E-state index contributed by atoms with van der Waals surface area (Å²) in [4.78, 5) is 0. The third-order valence-electron chi connectivity index (χ3n) is 3.34. The summed E-state index contributed by atoms with van der Waals surface area (Å²) in [5.41, 5.74) is 1.39. The molecule has 1 atom stereocenters. The van der Waals surface area contributed by atoms with Crippen molar-refractivity contribution >= 4 is 0 Å². The van der Waals surface area contributed by atoms with Crippen molar-refractivity contribution in [1.29, 1.82) is 0 Å². The lowest BCUT2D eigenvalue weighted by atomic mass is 9.83. The molecule has 3 nitrogen and oxygen atoms in total. The molecule has 0 bridgehead atoms. The summed E-state index contributed by atoms with van der Waals surface area (Å²) in [7, 11) is 1.98. The number of hydrogen-bond donors (Lipinski definition) is 1. The van der Waals surface area contributed by atoms with Crippen LogP contribution < -0.4 is 5.32 Å². The minimum Gasteiger partial charge on any atom is -0.317 e. The van der Waals surface area contributed by atoms with Gasteiger partial charge in [0.2, 0.25) is 0 Å². The van der Waals surface area contributed by atoms with Gasteiger partial charge < -0.3 is 5.32 Å². The van der Waals surface area contributed by atoms with E-state index < -0.39 is 0 Å².